The summed E-state index contributed by atoms with van der Waals surface area (Å²) in [5.74, 6) is -1.02. The molecule has 0 atom stereocenters. The molecule has 2 heterocycles. The number of aryl methyl sites for hydroxylation is 1. The first-order valence-corrected chi connectivity index (χ1v) is 12.7. The number of para-hydroxylation sites is 1. The van der Waals surface area contributed by atoms with Crippen LogP contribution >= 0.6 is 34.8 Å². The number of benzene rings is 3. The molecule has 4 aromatic rings. The Balaban J connectivity index is 1.37. The zero-order valence-electron chi connectivity index (χ0n) is 20.3. The van der Waals surface area contributed by atoms with Gasteiger partial charge in [-0.2, -0.15) is 0 Å². The molecule has 0 aliphatic carbocycles. The number of amides is 3. The number of rotatable bonds is 6. The van der Waals surface area contributed by atoms with Crippen LogP contribution in [0.2, 0.25) is 15.1 Å². The summed E-state index contributed by atoms with van der Waals surface area (Å²) >= 11 is 19.5. The van der Waals surface area contributed by atoms with Crippen molar-refractivity contribution in [3.05, 3.63) is 98.1 Å². The maximum atomic E-state index is 13.1. The van der Waals surface area contributed by atoms with E-state index in [1.165, 1.54) is 11.9 Å². The molecule has 0 unspecified atom stereocenters. The minimum Gasteiger partial charge on any atom is -0.487 e. The maximum absolute atomic E-state index is 13.1. The van der Waals surface area contributed by atoms with Gasteiger partial charge < -0.3 is 9.64 Å². The second-order valence-electron chi connectivity index (χ2n) is 8.74. The molecule has 0 spiro atoms. The Morgan fingerprint density at radius 3 is 2.32 bits per heavy atom. The third-order valence-corrected chi connectivity index (χ3v) is 7.41. The average Bonchev–Trinajstić information content (AvgIpc) is 3.13. The van der Waals surface area contributed by atoms with Crippen LogP contribution in [0.1, 0.15) is 32.0 Å². The van der Waals surface area contributed by atoms with Crippen LogP contribution in [-0.4, -0.2) is 41.2 Å². The van der Waals surface area contributed by atoms with Crippen molar-refractivity contribution < 1.29 is 19.1 Å². The highest BCUT2D eigenvalue weighted by molar-refractivity contribution is 6.38. The van der Waals surface area contributed by atoms with Gasteiger partial charge >= 0.3 is 0 Å². The normalized spacial score (nSPS) is 12.7. The predicted octanol–water partition coefficient (Wildman–Crippen LogP) is 6.34. The monoisotopic (exact) mass is 567 g/mol. The minimum atomic E-state index is -0.511. The molecule has 1 aliphatic heterocycles. The van der Waals surface area contributed by atoms with Gasteiger partial charge in [-0.05, 0) is 43.3 Å². The largest absolute Gasteiger partial charge is 0.487 e. The first-order chi connectivity index (χ1) is 18.2. The summed E-state index contributed by atoms with van der Waals surface area (Å²) in [6, 6.07) is 16.9. The highest BCUT2D eigenvalue weighted by Crippen LogP contribution is 2.36. The van der Waals surface area contributed by atoms with Crippen LogP contribution in [0.25, 0.3) is 10.9 Å². The predicted molar refractivity (Wildman–Crippen MR) is 148 cm³/mol. The number of carbonyl (C=O) groups excluding carboxylic acids is 3. The Kier molecular flexibility index (Phi) is 7.01. The van der Waals surface area contributed by atoms with Crippen LogP contribution in [0.5, 0.6) is 5.75 Å². The number of halogens is 3. The number of carbonyl (C=O) groups is 3. The maximum Gasteiger partial charge on any atom is 0.262 e. The van der Waals surface area contributed by atoms with Crippen LogP contribution in [0.3, 0.4) is 0 Å². The van der Waals surface area contributed by atoms with Gasteiger partial charge in [0.05, 0.1) is 26.9 Å². The molecular weight excluding hydrogens is 549 g/mol. The number of imide groups is 1. The lowest BCUT2D eigenvalue weighted by atomic mass is 10.1. The van der Waals surface area contributed by atoms with Crippen molar-refractivity contribution in [3.8, 4) is 5.75 Å². The number of hydrogen-bond acceptors (Lipinski definition) is 5. The number of pyridine rings is 1. The molecule has 3 aromatic carbocycles. The van der Waals surface area contributed by atoms with E-state index in [1.54, 1.807) is 48.5 Å². The Morgan fingerprint density at radius 2 is 1.63 bits per heavy atom. The number of hydrogen-bond donors (Lipinski definition) is 0. The second-order valence-corrected chi connectivity index (χ2v) is 9.93. The van der Waals surface area contributed by atoms with Crippen LogP contribution in [0.15, 0.2) is 60.7 Å². The summed E-state index contributed by atoms with van der Waals surface area (Å²) in [4.78, 5) is 45.2. The number of nitrogens with zero attached hydrogens (tertiary/aromatic N) is 3. The van der Waals surface area contributed by atoms with Gasteiger partial charge in [0.2, 0.25) is 5.91 Å². The van der Waals surface area contributed by atoms with Gasteiger partial charge in [0.1, 0.15) is 24.4 Å². The fourth-order valence-corrected chi connectivity index (χ4v) is 5.22. The molecule has 10 heteroatoms. The Morgan fingerprint density at radius 1 is 0.947 bits per heavy atom. The highest BCUT2D eigenvalue weighted by Gasteiger charge is 2.37. The topological polar surface area (TPSA) is 79.8 Å². The second kappa shape index (κ2) is 10.3. The van der Waals surface area contributed by atoms with Crippen LogP contribution in [0.4, 0.5) is 5.69 Å². The van der Waals surface area contributed by atoms with Crippen molar-refractivity contribution in [1.29, 1.82) is 0 Å². The van der Waals surface area contributed by atoms with Gasteiger partial charge in [-0.1, -0.05) is 59.1 Å². The summed E-state index contributed by atoms with van der Waals surface area (Å²) in [5.41, 5.74) is 2.71. The van der Waals surface area contributed by atoms with E-state index in [0.29, 0.717) is 32.6 Å². The van der Waals surface area contributed by atoms with E-state index in [9.17, 15) is 14.4 Å². The Bertz CT molecular complexity index is 1600. The third kappa shape index (κ3) is 4.58. The molecule has 0 saturated carbocycles. The molecule has 1 aromatic heterocycles. The van der Waals surface area contributed by atoms with E-state index >= 15 is 0 Å². The van der Waals surface area contributed by atoms with Gasteiger partial charge in [-0.25, -0.2) is 4.98 Å². The summed E-state index contributed by atoms with van der Waals surface area (Å²) in [6.45, 7) is 1.40. The molecule has 0 N–H and O–H groups in total. The number of fused-ring (bicyclic) bond motifs is 2. The van der Waals surface area contributed by atoms with Crippen LogP contribution in [-0.2, 0) is 11.4 Å². The van der Waals surface area contributed by atoms with Crippen molar-refractivity contribution in [2.45, 2.75) is 13.5 Å². The molecule has 38 heavy (non-hydrogen) atoms. The summed E-state index contributed by atoms with van der Waals surface area (Å²) in [6.07, 6.45) is 0. The van der Waals surface area contributed by atoms with Gasteiger partial charge in [-0.3, -0.25) is 19.3 Å². The zero-order valence-corrected chi connectivity index (χ0v) is 22.6. The fourth-order valence-electron chi connectivity index (χ4n) is 4.30. The number of aromatic nitrogens is 1. The van der Waals surface area contributed by atoms with E-state index in [2.05, 4.69) is 4.98 Å². The quantitative estimate of drug-likeness (QED) is 0.254. The lowest BCUT2D eigenvalue weighted by molar-refractivity contribution is -0.118. The molecule has 1 aliphatic rings. The zero-order chi connectivity index (χ0) is 27.1. The average molecular weight is 569 g/mol. The standard InChI is InChI=1S/C28H20Cl3N3O4/c1-15-12-21(30)18-8-5-9-23(26(18)32-15)38-14-19-20(29)10-11-22(25(19)31)33(2)24(35)13-34-27(36)16-6-3-4-7-17(16)28(34)37/h3-12H,13-14H2,1-2H3. The molecule has 5 rings (SSSR count). The van der Waals surface area contributed by atoms with Crippen molar-refractivity contribution in [2.75, 3.05) is 18.5 Å². The molecule has 7 nitrogen and oxygen atoms in total. The van der Waals surface area contributed by atoms with Crippen molar-refractivity contribution in [1.82, 2.24) is 9.88 Å². The number of anilines is 1. The molecule has 0 bridgehead atoms. The summed E-state index contributed by atoms with van der Waals surface area (Å²) in [5, 5.41) is 1.87. The van der Waals surface area contributed by atoms with Crippen LogP contribution in [0, 0.1) is 6.92 Å². The first kappa shape index (κ1) is 26.0. The van der Waals surface area contributed by atoms with Gasteiger partial charge in [0, 0.05) is 28.7 Å². The lowest BCUT2D eigenvalue weighted by Gasteiger charge is -2.23. The van der Waals surface area contributed by atoms with E-state index in [-0.39, 0.29) is 22.8 Å². The van der Waals surface area contributed by atoms with E-state index in [1.807, 2.05) is 19.1 Å². The van der Waals surface area contributed by atoms with Crippen molar-refractivity contribution in [3.63, 3.8) is 0 Å². The Labute approximate surface area is 233 Å². The van der Waals surface area contributed by atoms with Crippen LogP contribution < -0.4 is 9.64 Å². The number of ether oxygens (including phenoxy) is 1. The molecule has 3 amide bonds. The Hall–Kier alpha value is -3.65. The highest BCUT2D eigenvalue weighted by atomic mass is 35.5. The molecule has 0 saturated heterocycles. The minimum absolute atomic E-state index is 0.00169. The first-order valence-electron chi connectivity index (χ1n) is 11.5. The summed E-state index contributed by atoms with van der Waals surface area (Å²) in [7, 11) is 1.51. The van der Waals surface area contributed by atoms with Crippen molar-refractivity contribution in [2.24, 2.45) is 0 Å². The van der Waals surface area contributed by atoms with E-state index in [4.69, 9.17) is 39.5 Å². The van der Waals surface area contributed by atoms with E-state index in [0.717, 1.165) is 16.0 Å². The number of likely N-dealkylation sites (N-methyl/N-ethyl adjacent to an activating group) is 1. The van der Waals surface area contributed by atoms with Gasteiger partial charge in [0.15, 0.2) is 0 Å². The van der Waals surface area contributed by atoms with E-state index < -0.39 is 24.3 Å². The molecular formula is C28H20Cl3N3O4. The van der Waals surface area contributed by atoms with Gasteiger partial charge in [0.25, 0.3) is 11.8 Å². The molecule has 0 radical (unpaired) electrons. The smallest absolute Gasteiger partial charge is 0.262 e. The van der Waals surface area contributed by atoms with Gasteiger partial charge in [-0.15, -0.1) is 0 Å². The molecule has 0 fully saturated rings. The third-order valence-electron chi connectivity index (χ3n) is 6.32. The van der Waals surface area contributed by atoms with Crippen molar-refractivity contribution >= 4 is 69.1 Å². The lowest BCUT2D eigenvalue weighted by Crippen LogP contribution is -2.41. The molecule has 192 valence electrons. The SMILES string of the molecule is Cc1cc(Cl)c2cccc(OCc3c(Cl)ccc(N(C)C(=O)CN4C(=O)c5ccccc5C4=O)c3Cl)c2n1. The fraction of sp³-hybridized carbons (Fsp3) is 0.143. The summed E-state index contributed by atoms with van der Waals surface area (Å²) < 4.78 is 6.05.